The molecule has 80 valence electrons. The number of sulfone groups is 1. The summed E-state index contributed by atoms with van der Waals surface area (Å²) in [6, 6.07) is 1.83. The molecule has 0 radical (unpaired) electrons. The lowest BCUT2D eigenvalue weighted by molar-refractivity contribution is -0.126. The summed E-state index contributed by atoms with van der Waals surface area (Å²) in [6.45, 7) is 2.99. The van der Waals surface area contributed by atoms with Crippen molar-refractivity contribution in [3.05, 3.63) is 0 Å². The Morgan fingerprint density at radius 2 is 2.00 bits per heavy atom. The second-order valence-electron chi connectivity index (χ2n) is 3.62. The third-order valence-corrected chi connectivity index (χ3v) is 2.55. The molecule has 0 aromatic carbocycles. The molecule has 0 saturated carbocycles. The highest BCUT2D eigenvalue weighted by molar-refractivity contribution is 7.90. The Balaban J connectivity index is 4.07. The Morgan fingerprint density at radius 3 is 2.36 bits per heavy atom. The zero-order valence-corrected chi connectivity index (χ0v) is 9.31. The van der Waals surface area contributed by atoms with Crippen LogP contribution in [0.25, 0.3) is 0 Å². The minimum absolute atomic E-state index is 0.0444. The third-order valence-electron chi connectivity index (χ3n) is 1.61. The highest BCUT2D eigenvalue weighted by Crippen LogP contribution is 2.12. The number of nitriles is 1. The van der Waals surface area contributed by atoms with Crippen molar-refractivity contribution in [2.24, 2.45) is 5.41 Å². The predicted molar refractivity (Wildman–Crippen MR) is 52.1 cm³/mol. The summed E-state index contributed by atoms with van der Waals surface area (Å²) in [4.78, 5) is 11.3. The quantitative estimate of drug-likeness (QED) is 0.701. The summed E-state index contributed by atoms with van der Waals surface area (Å²) >= 11 is 0. The molecule has 1 N–H and O–H groups in total. The lowest BCUT2D eigenvalue weighted by Gasteiger charge is -2.14. The Labute approximate surface area is 84.0 Å². The van der Waals surface area contributed by atoms with E-state index in [9.17, 15) is 13.2 Å². The van der Waals surface area contributed by atoms with E-state index in [0.717, 1.165) is 6.26 Å². The van der Waals surface area contributed by atoms with Gasteiger partial charge in [0.1, 0.15) is 15.3 Å². The van der Waals surface area contributed by atoms with E-state index < -0.39 is 21.2 Å². The lowest BCUT2D eigenvalue weighted by Crippen LogP contribution is -2.38. The fourth-order valence-electron chi connectivity index (χ4n) is 0.622. The van der Waals surface area contributed by atoms with Crippen LogP contribution in [0.4, 0.5) is 0 Å². The molecule has 0 aromatic rings. The van der Waals surface area contributed by atoms with Crippen molar-refractivity contribution in [3.8, 4) is 6.07 Å². The van der Waals surface area contributed by atoms with Crippen LogP contribution in [0.2, 0.25) is 0 Å². The van der Waals surface area contributed by atoms with Crippen LogP contribution in [-0.2, 0) is 14.6 Å². The zero-order chi connectivity index (χ0) is 11.4. The van der Waals surface area contributed by atoms with E-state index >= 15 is 0 Å². The van der Waals surface area contributed by atoms with E-state index in [4.69, 9.17) is 5.26 Å². The van der Waals surface area contributed by atoms with Crippen LogP contribution >= 0.6 is 0 Å². The van der Waals surface area contributed by atoms with Gasteiger partial charge in [0, 0.05) is 12.8 Å². The Hall–Kier alpha value is -1.09. The standard InChI is InChI=1S/C8H14N2O3S/c1-8(2,6-9)7(11)10-4-5-14(3,12)13/h4-5H2,1-3H3,(H,10,11). The molecule has 0 atom stereocenters. The molecule has 14 heavy (non-hydrogen) atoms. The van der Waals surface area contributed by atoms with Crippen LogP contribution in [0.5, 0.6) is 0 Å². The maximum atomic E-state index is 11.3. The average molecular weight is 218 g/mol. The normalized spacial score (nSPS) is 11.9. The summed E-state index contributed by atoms with van der Waals surface area (Å²) in [5.41, 5.74) is -1.11. The van der Waals surface area contributed by atoms with Gasteiger partial charge in [-0.25, -0.2) is 8.42 Å². The first-order valence-electron chi connectivity index (χ1n) is 4.06. The van der Waals surface area contributed by atoms with Crippen molar-refractivity contribution in [1.29, 1.82) is 5.26 Å². The summed E-state index contributed by atoms with van der Waals surface area (Å²) in [5, 5.41) is 11.0. The van der Waals surface area contributed by atoms with Gasteiger partial charge in [-0.2, -0.15) is 5.26 Å². The molecule has 6 heteroatoms. The van der Waals surface area contributed by atoms with Gasteiger partial charge in [0.05, 0.1) is 11.8 Å². The maximum absolute atomic E-state index is 11.3. The summed E-state index contributed by atoms with van der Waals surface area (Å²) in [6.07, 6.45) is 1.09. The molecule has 0 unspecified atom stereocenters. The first-order chi connectivity index (χ1) is 6.19. The van der Waals surface area contributed by atoms with Crippen LogP contribution in [0.1, 0.15) is 13.8 Å². The van der Waals surface area contributed by atoms with E-state index in [1.807, 2.05) is 6.07 Å². The zero-order valence-electron chi connectivity index (χ0n) is 8.49. The van der Waals surface area contributed by atoms with Gasteiger partial charge in [-0.1, -0.05) is 0 Å². The van der Waals surface area contributed by atoms with Crippen molar-refractivity contribution in [3.63, 3.8) is 0 Å². The number of carbonyl (C=O) groups is 1. The molecule has 0 aliphatic carbocycles. The Kier molecular flexibility index (Phi) is 4.08. The number of amides is 1. The van der Waals surface area contributed by atoms with Gasteiger partial charge in [0.15, 0.2) is 0 Å². The molecule has 0 aromatic heterocycles. The second-order valence-corrected chi connectivity index (χ2v) is 5.88. The molecule has 0 saturated heterocycles. The number of nitrogens with one attached hydrogen (secondary N) is 1. The molecule has 0 rings (SSSR count). The van der Waals surface area contributed by atoms with Gasteiger partial charge >= 0.3 is 0 Å². The van der Waals surface area contributed by atoms with E-state index in [-0.39, 0.29) is 12.3 Å². The number of hydrogen-bond donors (Lipinski definition) is 1. The molecule has 1 amide bonds. The van der Waals surface area contributed by atoms with E-state index in [1.165, 1.54) is 13.8 Å². The minimum atomic E-state index is -3.07. The third kappa shape index (κ3) is 4.82. The topological polar surface area (TPSA) is 87.0 Å². The molecule has 0 bridgehead atoms. The van der Waals surface area contributed by atoms with Gasteiger partial charge in [-0.15, -0.1) is 0 Å². The van der Waals surface area contributed by atoms with Crippen LogP contribution in [-0.4, -0.2) is 32.9 Å². The molecular weight excluding hydrogens is 204 g/mol. The van der Waals surface area contributed by atoms with Gasteiger partial charge in [-0.05, 0) is 13.8 Å². The van der Waals surface area contributed by atoms with Crippen molar-refractivity contribution >= 4 is 15.7 Å². The Morgan fingerprint density at radius 1 is 1.50 bits per heavy atom. The minimum Gasteiger partial charge on any atom is -0.354 e. The van der Waals surface area contributed by atoms with Gasteiger partial charge < -0.3 is 5.32 Å². The SMILES string of the molecule is CC(C)(C#N)C(=O)NCCS(C)(=O)=O. The number of rotatable bonds is 4. The molecule has 0 heterocycles. The molecular formula is C8H14N2O3S. The van der Waals surface area contributed by atoms with E-state index in [1.54, 1.807) is 0 Å². The average Bonchev–Trinajstić information content (AvgIpc) is 2.02. The van der Waals surface area contributed by atoms with Crippen LogP contribution in [0.15, 0.2) is 0 Å². The molecule has 0 aliphatic heterocycles. The van der Waals surface area contributed by atoms with Crippen molar-refractivity contribution in [2.45, 2.75) is 13.8 Å². The van der Waals surface area contributed by atoms with Gasteiger partial charge in [0.25, 0.3) is 0 Å². The van der Waals surface area contributed by atoms with Crippen molar-refractivity contribution in [2.75, 3.05) is 18.6 Å². The molecule has 0 spiro atoms. The fourth-order valence-corrected chi connectivity index (χ4v) is 1.09. The number of carbonyl (C=O) groups excluding carboxylic acids is 1. The first kappa shape index (κ1) is 12.9. The monoisotopic (exact) mass is 218 g/mol. The molecule has 0 fully saturated rings. The van der Waals surface area contributed by atoms with Gasteiger partial charge in [0.2, 0.25) is 5.91 Å². The predicted octanol–water partition coefficient (Wildman–Crippen LogP) is -0.303. The van der Waals surface area contributed by atoms with Crippen molar-refractivity contribution < 1.29 is 13.2 Å². The molecule has 5 nitrogen and oxygen atoms in total. The smallest absolute Gasteiger partial charge is 0.239 e. The largest absolute Gasteiger partial charge is 0.354 e. The Bertz CT molecular complexity index is 351. The summed E-state index contributed by atoms with van der Waals surface area (Å²) < 4.78 is 21.4. The van der Waals surface area contributed by atoms with Crippen molar-refractivity contribution in [1.82, 2.24) is 5.32 Å². The van der Waals surface area contributed by atoms with E-state index in [2.05, 4.69) is 5.32 Å². The summed E-state index contributed by atoms with van der Waals surface area (Å²) in [5.74, 6) is -0.566. The second kappa shape index (κ2) is 4.42. The van der Waals surface area contributed by atoms with Gasteiger partial charge in [-0.3, -0.25) is 4.79 Å². The first-order valence-corrected chi connectivity index (χ1v) is 6.12. The van der Waals surface area contributed by atoms with Crippen LogP contribution in [0.3, 0.4) is 0 Å². The maximum Gasteiger partial charge on any atom is 0.239 e. The fraction of sp³-hybridized carbons (Fsp3) is 0.750. The molecule has 0 aliphatic rings. The van der Waals surface area contributed by atoms with Crippen LogP contribution in [0, 0.1) is 16.7 Å². The highest BCUT2D eigenvalue weighted by atomic mass is 32.2. The number of hydrogen-bond acceptors (Lipinski definition) is 4. The lowest BCUT2D eigenvalue weighted by atomic mass is 9.95. The number of nitrogens with zero attached hydrogens (tertiary/aromatic N) is 1. The summed E-state index contributed by atoms with van der Waals surface area (Å²) in [7, 11) is -3.07. The van der Waals surface area contributed by atoms with Crippen LogP contribution < -0.4 is 5.32 Å². The van der Waals surface area contributed by atoms with E-state index in [0.29, 0.717) is 0 Å². The highest BCUT2D eigenvalue weighted by Gasteiger charge is 2.26.